The van der Waals surface area contributed by atoms with Gasteiger partial charge in [-0.05, 0) is 30.7 Å². The fourth-order valence-electron chi connectivity index (χ4n) is 0.925. The Kier molecular flexibility index (Phi) is 3.77. The lowest BCUT2D eigenvalue weighted by atomic mass is 10.3. The molecule has 0 aliphatic heterocycles. The van der Waals surface area contributed by atoms with Crippen LogP contribution in [-0.4, -0.2) is 18.5 Å². The lowest BCUT2D eigenvalue weighted by Gasteiger charge is -2.10. The molecule has 0 N–H and O–H groups in total. The lowest BCUT2D eigenvalue weighted by molar-refractivity contribution is -0.117. The molecule has 0 aliphatic rings. The van der Waals surface area contributed by atoms with Crippen molar-refractivity contribution in [3.8, 4) is 11.5 Å². The highest BCUT2D eigenvalue weighted by molar-refractivity contribution is 6.64. The molecular formula is C10H11ClO3. The van der Waals surface area contributed by atoms with Gasteiger partial charge in [-0.1, -0.05) is 6.07 Å². The van der Waals surface area contributed by atoms with Gasteiger partial charge in [0.1, 0.15) is 11.5 Å². The Morgan fingerprint density at radius 1 is 1.43 bits per heavy atom. The normalized spacial score (nSPS) is 11.9. The predicted octanol–water partition coefficient (Wildman–Crippen LogP) is 2.23. The molecule has 1 aromatic carbocycles. The number of hydrogen-bond donors (Lipinski definition) is 0. The van der Waals surface area contributed by atoms with Gasteiger partial charge in [-0.15, -0.1) is 0 Å². The quantitative estimate of drug-likeness (QED) is 0.721. The summed E-state index contributed by atoms with van der Waals surface area (Å²) in [5.41, 5.74) is 0. The van der Waals surface area contributed by atoms with Crippen molar-refractivity contribution in [3.05, 3.63) is 24.3 Å². The standard InChI is InChI=1S/C10H11ClO3/c1-7(10(11)12)14-9-5-3-4-8(6-9)13-2/h3-7H,1-2H3. The molecule has 0 heterocycles. The highest BCUT2D eigenvalue weighted by atomic mass is 35.5. The second-order valence-electron chi connectivity index (χ2n) is 2.74. The van der Waals surface area contributed by atoms with Crippen LogP contribution in [0.25, 0.3) is 0 Å². The minimum absolute atomic E-state index is 0.521. The van der Waals surface area contributed by atoms with E-state index in [9.17, 15) is 4.79 Å². The summed E-state index contributed by atoms with van der Waals surface area (Å²) in [5, 5.41) is -0.521. The number of ether oxygens (including phenoxy) is 2. The fourth-order valence-corrected chi connectivity index (χ4v) is 0.969. The molecule has 14 heavy (non-hydrogen) atoms. The average Bonchev–Trinajstić information content (AvgIpc) is 2.18. The molecule has 0 aliphatic carbocycles. The zero-order chi connectivity index (χ0) is 10.6. The van der Waals surface area contributed by atoms with Crippen molar-refractivity contribution < 1.29 is 14.3 Å². The van der Waals surface area contributed by atoms with Crippen molar-refractivity contribution in [2.45, 2.75) is 13.0 Å². The highest BCUT2D eigenvalue weighted by Gasteiger charge is 2.11. The Morgan fingerprint density at radius 2 is 2.07 bits per heavy atom. The zero-order valence-corrected chi connectivity index (χ0v) is 8.75. The Morgan fingerprint density at radius 3 is 2.64 bits per heavy atom. The summed E-state index contributed by atoms with van der Waals surface area (Å²) in [4.78, 5) is 10.7. The molecule has 1 unspecified atom stereocenters. The third-order valence-electron chi connectivity index (χ3n) is 1.67. The fraction of sp³-hybridized carbons (Fsp3) is 0.300. The number of carbonyl (C=O) groups excluding carboxylic acids is 1. The molecule has 0 radical (unpaired) electrons. The SMILES string of the molecule is COc1cccc(OC(C)C(=O)Cl)c1. The molecule has 0 saturated carbocycles. The van der Waals surface area contributed by atoms with Crippen LogP contribution in [-0.2, 0) is 4.79 Å². The van der Waals surface area contributed by atoms with E-state index < -0.39 is 11.3 Å². The van der Waals surface area contributed by atoms with Crippen LogP contribution in [0.3, 0.4) is 0 Å². The number of benzene rings is 1. The van der Waals surface area contributed by atoms with Crippen molar-refractivity contribution >= 4 is 16.8 Å². The molecule has 4 heteroatoms. The van der Waals surface area contributed by atoms with Gasteiger partial charge in [0.15, 0.2) is 6.10 Å². The highest BCUT2D eigenvalue weighted by Crippen LogP contribution is 2.20. The molecule has 1 atom stereocenters. The summed E-state index contributed by atoms with van der Waals surface area (Å²) in [5.74, 6) is 1.24. The van der Waals surface area contributed by atoms with Crippen LogP contribution in [0.15, 0.2) is 24.3 Å². The molecule has 0 aromatic heterocycles. The van der Waals surface area contributed by atoms with E-state index in [0.29, 0.717) is 11.5 Å². The smallest absolute Gasteiger partial charge is 0.262 e. The Balaban J connectivity index is 2.71. The Hall–Kier alpha value is -1.22. The predicted molar refractivity (Wildman–Crippen MR) is 53.9 cm³/mol. The molecule has 0 spiro atoms. The molecule has 0 amide bonds. The molecular weight excluding hydrogens is 204 g/mol. The van der Waals surface area contributed by atoms with Crippen LogP contribution in [0.5, 0.6) is 11.5 Å². The van der Waals surface area contributed by atoms with Gasteiger partial charge in [-0.2, -0.15) is 0 Å². The van der Waals surface area contributed by atoms with Gasteiger partial charge in [-0.3, -0.25) is 4.79 Å². The van der Waals surface area contributed by atoms with Gasteiger partial charge < -0.3 is 9.47 Å². The zero-order valence-electron chi connectivity index (χ0n) is 7.99. The van der Waals surface area contributed by atoms with E-state index in [1.54, 1.807) is 38.3 Å². The average molecular weight is 215 g/mol. The van der Waals surface area contributed by atoms with E-state index in [1.807, 2.05) is 0 Å². The minimum Gasteiger partial charge on any atom is -0.497 e. The first-order valence-electron chi connectivity index (χ1n) is 4.13. The van der Waals surface area contributed by atoms with E-state index in [4.69, 9.17) is 21.1 Å². The number of carbonyl (C=O) groups is 1. The van der Waals surface area contributed by atoms with Gasteiger partial charge in [0, 0.05) is 6.07 Å². The van der Waals surface area contributed by atoms with Gasteiger partial charge in [-0.25, -0.2) is 0 Å². The van der Waals surface area contributed by atoms with Crippen LogP contribution in [0.2, 0.25) is 0 Å². The van der Waals surface area contributed by atoms with Gasteiger partial charge in [0.2, 0.25) is 0 Å². The van der Waals surface area contributed by atoms with Gasteiger partial charge in [0.05, 0.1) is 7.11 Å². The molecule has 1 aromatic rings. The first kappa shape index (κ1) is 10.9. The Bertz CT molecular complexity index is 325. The maximum atomic E-state index is 10.7. The summed E-state index contributed by atoms with van der Waals surface area (Å²) in [6, 6.07) is 6.99. The molecule has 3 nitrogen and oxygen atoms in total. The van der Waals surface area contributed by atoms with E-state index in [-0.39, 0.29) is 0 Å². The summed E-state index contributed by atoms with van der Waals surface area (Å²) >= 11 is 5.26. The number of hydrogen-bond acceptors (Lipinski definition) is 3. The second kappa shape index (κ2) is 4.86. The first-order valence-corrected chi connectivity index (χ1v) is 4.51. The maximum absolute atomic E-state index is 10.7. The van der Waals surface area contributed by atoms with E-state index >= 15 is 0 Å². The number of halogens is 1. The Labute approximate surface area is 87.6 Å². The van der Waals surface area contributed by atoms with Crippen LogP contribution in [0.1, 0.15) is 6.92 Å². The van der Waals surface area contributed by atoms with E-state index in [2.05, 4.69) is 0 Å². The van der Waals surface area contributed by atoms with Crippen molar-refractivity contribution in [1.29, 1.82) is 0 Å². The molecule has 0 saturated heterocycles. The number of methoxy groups -OCH3 is 1. The van der Waals surface area contributed by atoms with Crippen molar-refractivity contribution in [2.75, 3.05) is 7.11 Å². The van der Waals surface area contributed by atoms with Crippen molar-refractivity contribution in [3.63, 3.8) is 0 Å². The molecule has 76 valence electrons. The topological polar surface area (TPSA) is 35.5 Å². The summed E-state index contributed by atoms with van der Waals surface area (Å²) in [6.45, 7) is 1.59. The monoisotopic (exact) mass is 214 g/mol. The molecule has 0 bridgehead atoms. The third kappa shape index (κ3) is 2.92. The van der Waals surface area contributed by atoms with Crippen molar-refractivity contribution in [1.82, 2.24) is 0 Å². The molecule has 0 fully saturated rings. The van der Waals surface area contributed by atoms with Crippen LogP contribution in [0.4, 0.5) is 0 Å². The van der Waals surface area contributed by atoms with Gasteiger partial charge in [0.25, 0.3) is 5.24 Å². The van der Waals surface area contributed by atoms with Crippen LogP contribution >= 0.6 is 11.6 Å². The summed E-state index contributed by atoms with van der Waals surface area (Å²) in [6.07, 6.45) is -0.649. The molecule has 1 rings (SSSR count). The lowest BCUT2D eigenvalue weighted by Crippen LogP contribution is -2.18. The summed E-state index contributed by atoms with van der Waals surface area (Å²) in [7, 11) is 1.56. The van der Waals surface area contributed by atoms with Crippen LogP contribution < -0.4 is 9.47 Å². The minimum atomic E-state index is -0.649. The largest absolute Gasteiger partial charge is 0.497 e. The van der Waals surface area contributed by atoms with Gasteiger partial charge >= 0.3 is 0 Å². The maximum Gasteiger partial charge on any atom is 0.262 e. The summed E-state index contributed by atoms with van der Waals surface area (Å²) < 4.78 is 10.3. The van der Waals surface area contributed by atoms with Crippen LogP contribution in [0, 0.1) is 0 Å². The van der Waals surface area contributed by atoms with E-state index in [0.717, 1.165) is 0 Å². The van der Waals surface area contributed by atoms with Crippen molar-refractivity contribution in [2.24, 2.45) is 0 Å². The van der Waals surface area contributed by atoms with E-state index in [1.165, 1.54) is 0 Å². The number of rotatable bonds is 4. The first-order chi connectivity index (χ1) is 6.63. The second-order valence-corrected chi connectivity index (χ2v) is 3.12. The third-order valence-corrected chi connectivity index (χ3v) is 1.98.